The molecule has 2 aliphatic rings. The summed E-state index contributed by atoms with van der Waals surface area (Å²) >= 11 is 0. The Morgan fingerprint density at radius 3 is 1.41 bits per heavy atom. The minimum absolute atomic E-state index is 0.256. The van der Waals surface area contributed by atoms with Crippen LogP contribution in [0.4, 0.5) is 0 Å². The number of hydrogen-bond acceptors (Lipinski definition) is 13. The van der Waals surface area contributed by atoms with Crippen molar-refractivity contribution in [2.24, 2.45) is 0 Å². The second-order valence-corrected chi connectivity index (χ2v) is 21.8. The van der Waals surface area contributed by atoms with Crippen molar-refractivity contribution in [3.05, 3.63) is 72.9 Å². The van der Waals surface area contributed by atoms with Crippen LogP contribution >= 0.6 is 0 Å². The summed E-state index contributed by atoms with van der Waals surface area (Å²) in [6.07, 6.45) is 48.7. The number of aliphatic hydroxyl groups is 8. The molecule has 0 aromatic heterocycles. The van der Waals surface area contributed by atoms with Gasteiger partial charge in [0.25, 0.3) is 0 Å². The summed E-state index contributed by atoms with van der Waals surface area (Å²) in [6.45, 7) is 2.51. The average Bonchev–Trinajstić information content (AvgIpc) is 3.47. The second kappa shape index (κ2) is 49.1. The monoisotopic (exact) mass is 1100 g/mol. The van der Waals surface area contributed by atoms with Crippen LogP contribution in [-0.2, 0) is 23.7 Å². The molecule has 0 aromatic rings. The molecule has 2 saturated heterocycles. The molecule has 12 atom stereocenters. The molecule has 1 amide bonds. The molecular weight excluding hydrogens is 991 g/mol. The number of amides is 1. The van der Waals surface area contributed by atoms with Crippen molar-refractivity contribution >= 4 is 5.91 Å². The quantitative estimate of drug-likeness (QED) is 0.0204. The second-order valence-electron chi connectivity index (χ2n) is 21.8. The van der Waals surface area contributed by atoms with Crippen LogP contribution in [0.15, 0.2) is 72.9 Å². The number of unbranched alkanes of at least 4 members (excludes halogenated alkanes) is 27. The third-order valence-electron chi connectivity index (χ3n) is 14.9. The first-order chi connectivity index (χ1) is 38.1. The Bertz CT molecular complexity index is 1580. The summed E-state index contributed by atoms with van der Waals surface area (Å²) in [5.74, 6) is -0.256. The van der Waals surface area contributed by atoms with E-state index in [9.17, 15) is 45.6 Å². The van der Waals surface area contributed by atoms with Crippen molar-refractivity contribution in [1.82, 2.24) is 5.32 Å². The molecule has 0 saturated carbocycles. The zero-order valence-corrected chi connectivity index (χ0v) is 48.6. The minimum Gasteiger partial charge on any atom is -0.394 e. The maximum absolute atomic E-state index is 13.2. The van der Waals surface area contributed by atoms with Gasteiger partial charge in [0, 0.05) is 6.42 Å². The lowest BCUT2D eigenvalue weighted by Crippen LogP contribution is -2.65. The molecule has 12 unspecified atom stereocenters. The van der Waals surface area contributed by atoms with Crippen LogP contribution in [0.1, 0.15) is 232 Å². The Labute approximate surface area is 472 Å². The minimum atomic E-state index is -1.79. The van der Waals surface area contributed by atoms with E-state index in [0.29, 0.717) is 12.8 Å². The molecule has 2 aliphatic heterocycles. The third-order valence-corrected chi connectivity index (χ3v) is 14.9. The molecular formula is C64H113NO13. The number of carbonyl (C=O) groups is 1. The molecule has 0 aromatic carbocycles. The Kier molecular flexibility index (Phi) is 45.0. The van der Waals surface area contributed by atoms with Gasteiger partial charge in [0.2, 0.25) is 5.91 Å². The molecule has 0 bridgehead atoms. The summed E-state index contributed by atoms with van der Waals surface area (Å²) in [5, 5.41) is 86.7. The Morgan fingerprint density at radius 2 is 0.910 bits per heavy atom. The first kappa shape index (κ1) is 71.5. The van der Waals surface area contributed by atoms with Crippen LogP contribution in [0, 0.1) is 0 Å². The summed E-state index contributed by atoms with van der Waals surface area (Å²) in [4.78, 5) is 13.2. The number of aliphatic hydroxyl groups excluding tert-OH is 8. The Balaban J connectivity index is 1.57. The van der Waals surface area contributed by atoms with E-state index in [4.69, 9.17) is 18.9 Å². The van der Waals surface area contributed by atoms with E-state index in [1.807, 2.05) is 19.1 Å². The maximum Gasteiger partial charge on any atom is 0.220 e. The zero-order valence-electron chi connectivity index (χ0n) is 48.6. The van der Waals surface area contributed by atoms with Gasteiger partial charge < -0.3 is 65.1 Å². The fourth-order valence-electron chi connectivity index (χ4n) is 9.93. The van der Waals surface area contributed by atoms with E-state index in [-0.39, 0.29) is 18.9 Å². The summed E-state index contributed by atoms with van der Waals surface area (Å²) < 4.78 is 22.7. The molecule has 0 radical (unpaired) electrons. The van der Waals surface area contributed by atoms with E-state index in [2.05, 4.69) is 66.9 Å². The highest BCUT2D eigenvalue weighted by atomic mass is 16.7. The highest BCUT2D eigenvalue weighted by Gasteiger charge is 2.51. The fraction of sp³-hybridized carbons (Fsp3) is 0.797. The normalized spacial score (nSPS) is 25.1. The van der Waals surface area contributed by atoms with Gasteiger partial charge in [-0.05, 0) is 77.6 Å². The fourth-order valence-corrected chi connectivity index (χ4v) is 9.93. The first-order valence-electron chi connectivity index (χ1n) is 31.1. The van der Waals surface area contributed by atoms with Gasteiger partial charge in [0.05, 0.1) is 32.0 Å². The topological polar surface area (TPSA) is 228 Å². The van der Waals surface area contributed by atoms with E-state index >= 15 is 0 Å². The number of ether oxygens (including phenoxy) is 4. The van der Waals surface area contributed by atoms with Crippen LogP contribution in [0.5, 0.6) is 0 Å². The van der Waals surface area contributed by atoms with Gasteiger partial charge in [-0.2, -0.15) is 0 Å². The molecule has 2 fully saturated rings. The van der Waals surface area contributed by atoms with Crippen molar-refractivity contribution in [3.63, 3.8) is 0 Å². The Morgan fingerprint density at radius 1 is 0.487 bits per heavy atom. The average molecular weight is 1100 g/mol. The van der Waals surface area contributed by atoms with Crippen LogP contribution in [0.25, 0.3) is 0 Å². The zero-order chi connectivity index (χ0) is 56.7. The van der Waals surface area contributed by atoms with E-state index in [0.717, 1.165) is 51.4 Å². The highest BCUT2D eigenvalue weighted by molar-refractivity contribution is 5.76. The lowest BCUT2D eigenvalue weighted by Gasteiger charge is -2.46. The largest absolute Gasteiger partial charge is 0.394 e. The van der Waals surface area contributed by atoms with Gasteiger partial charge in [-0.15, -0.1) is 0 Å². The number of allylic oxidation sites excluding steroid dienone is 11. The lowest BCUT2D eigenvalue weighted by molar-refractivity contribution is -0.359. The molecule has 452 valence electrons. The molecule has 9 N–H and O–H groups in total. The number of hydrogen-bond donors (Lipinski definition) is 9. The van der Waals surface area contributed by atoms with Crippen molar-refractivity contribution in [1.29, 1.82) is 0 Å². The standard InChI is InChI=1S/C64H113NO13/c1-3-5-7-9-11-13-14-15-16-17-18-19-20-21-22-23-24-25-26-27-28-29-30-31-32-33-34-35-36-37-38-40-42-44-46-48-56(69)65-52(53(68)47-45-43-41-39-12-10-8-6-4-2)51-75-63-61(74)59(72)62(55(50-67)77-63)78-64-60(73)58(71)57(70)54(49-66)76-64/h4,6,12,14-15,17-18,20-21,39,45,47,52-55,57-64,66-68,70-74H,3,5,7-11,13,16,19,22-38,40-44,46,48-51H2,1-2H3,(H,65,69)/b6-4+,15-14-,18-17-,21-20-,39-12+,47-45+. The third kappa shape index (κ3) is 34.0. The van der Waals surface area contributed by atoms with Gasteiger partial charge in [-0.1, -0.05) is 221 Å². The van der Waals surface area contributed by atoms with Crippen LogP contribution in [-0.4, -0.2) is 140 Å². The molecule has 14 heteroatoms. The maximum atomic E-state index is 13.2. The van der Waals surface area contributed by atoms with Crippen molar-refractivity contribution in [3.8, 4) is 0 Å². The van der Waals surface area contributed by atoms with Crippen molar-refractivity contribution < 1.29 is 64.6 Å². The summed E-state index contributed by atoms with van der Waals surface area (Å²) in [5.41, 5.74) is 0. The summed E-state index contributed by atoms with van der Waals surface area (Å²) in [6, 6.07) is -0.937. The molecule has 14 nitrogen and oxygen atoms in total. The SMILES string of the molecule is C/C=C/CC/C=C/CC/C=C/C(O)C(COC1OC(CO)C(OC2OC(CO)C(O)C(O)C2O)C(O)C1O)NC(=O)CCCCCCCCCCCCCCCCCCCCCC/C=C\C/C=C\C/C=C\CCCCCCC. The van der Waals surface area contributed by atoms with E-state index in [1.165, 1.54) is 148 Å². The lowest BCUT2D eigenvalue weighted by atomic mass is 9.97. The predicted molar refractivity (Wildman–Crippen MR) is 313 cm³/mol. The van der Waals surface area contributed by atoms with Gasteiger partial charge >= 0.3 is 0 Å². The summed E-state index contributed by atoms with van der Waals surface area (Å²) in [7, 11) is 0. The van der Waals surface area contributed by atoms with E-state index < -0.39 is 86.8 Å². The molecule has 2 rings (SSSR count). The molecule has 0 aliphatic carbocycles. The Hall–Kier alpha value is -2.57. The van der Waals surface area contributed by atoms with Gasteiger partial charge in [0.15, 0.2) is 12.6 Å². The number of rotatable bonds is 49. The highest BCUT2D eigenvalue weighted by Crippen LogP contribution is 2.30. The van der Waals surface area contributed by atoms with E-state index in [1.54, 1.807) is 6.08 Å². The van der Waals surface area contributed by atoms with Crippen LogP contribution < -0.4 is 5.32 Å². The van der Waals surface area contributed by atoms with Crippen LogP contribution in [0.2, 0.25) is 0 Å². The van der Waals surface area contributed by atoms with Crippen LogP contribution in [0.3, 0.4) is 0 Å². The number of nitrogens with one attached hydrogen (secondary N) is 1. The molecule has 78 heavy (non-hydrogen) atoms. The predicted octanol–water partition coefficient (Wildman–Crippen LogP) is 11.1. The molecule has 0 spiro atoms. The smallest absolute Gasteiger partial charge is 0.220 e. The van der Waals surface area contributed by atoms with Gasteiger partial charge in [-0.3, -0.25) is 4.79 Å². The van der Waals surface area contributed by atoms with Crippen molar-refractivity contribution in [2.75, 3.05) is 19.8 Å². The first-order valence-corrected chi connectivity index (χ1v) is 31.1. The van der Waals surface area contributed by atoms with Crippen molar-refractivity contribution in [2.45, 2.75) is 306 Å². The van der Waals surface area contributed by atoms with Gasteiger partial charge in [0.1, 0.15) is 48.8 Å². The number of carbonyl (C=O) groups excluding carboxylic acids is 1. The van der Waals surface area contributed by atoms with Gasteiger partial charge in [-0.25, -0.2) is 0 Å². The molecule has 2 heterocycles.